The minimum atomic E-state index is -2.70. The molecule has 0 bridgehead atoms. The van der Waals surface area contributed by atoms with Gasteiger partial charge in [-0.1, -0.05) is 0 Å². The van der Waals surface area contributed by atoms with E-state index in [0.717, 1.165) is 26.2 Å². The van der Waals surface area contributed by atoms with Crippen molar-refractivity contribution in [2.45, 2.75) is 13.0 Å². The molecule has 2 aliphatic heterocycles. The zero-order valence-corrected chi connectivity index (χ0v) is 12.6. The zero-order chi connectivity index (χ0) is 13.0. The third-order valence-electron chi connectivity index (χ3n) is 3.36. The molecule has 0 radical (unpaired) electrons. The van der Waals surface area contributed by atoms with Gasteiger partial charge in [-0.05, 0) is 14.0 Å². The topological polar surface area (TPSA) is 43.4 Å². The molecule has 0 amide bonds. The fourth-order valence-electron chi connectivity index (χ4n) is 2.28. The highest BCUT2D eigenvalue weighted by Gasteiger charge is 2.50. The van der Waals surface area contributed by atoms with Gasteiger partial charge in [0.1, 0.15) is 0 Å². The van der Waals surface area contributed by atoms with E-state index in [-0.39, 0.29) is 6.10 Å². The molecule has 2 aliphatic rings. The molecule has 18 heavy (non-hydrogen) atoms. The molecule has 0 aromatic heterocycles. The summed E-state index contributed by atoms with van der Waals surface area (Å²) in [5.41, 5.74) is 0. The van der Waals surface area contributed by atoms with Crippen LogP contribution in [-0.4, -0.2) is 84.7 Å². The monoisotopic (exact) mass is 276 g/mol. The Morgan fingerprint density at radius 2 is 1.89 bits per heavy atom. The lowest BCUT2D eigenvalue weighted by atomic mass is 10.4. The van der Waals surface area contributed by atoms with Crippen LogP contribution in [0, 0.1) is 0 Å². The molecule has 2 saturated heterocycles. The third kappa shape index (κ3) is 3.30. The molecule has 0 aromatic carbocycles. The molecule has 106 valence electrons. The number of likely N-dealkylation sites (N-methyl/N-ethyl adjacent to an activating group) is 1. The number of ether oxygens (including phenoxy) is 1. The van der Waals surface area contributed by atoms with Crippen LogP contribution in [0.5, 0.6) is 0 Å². The Labute approximate surface area is 110 Å². The lowest BCUT2D eigenvalue weighted by Gasteiger charge is -2.43. The van der Waals surface area contributed by atoms with Crippen LogP contribution in [0.4, 0.5) is 0 Å². The molecule has 2 fully saturated rings. The van der Waals surface area contributed by atoms with Gasteiger partial charge < -0.3 is 22.9 Å². The highest BCUT2D eigenvalue weighted by Crippen LogP contribution is 2.20. The van der Waals surface area contributed by atoms with Crippen molar-refractivity contribution < 1.29 is 18.0 Å². The lowest BCUT2D eigenvalue weighted by Crippen LogP contribution is -2.66. The average molecular weight is 276 g/mol. The van der Waals surface area contributed by atoms with Crippen LogP contribution < -0.4 is 0 Å². The maximum Gasteiger partial charge on any atom is 0.599 e. The summed E-state index contributed by atoms with van der Waals surface area (Å²) in [6.45, 7) is 7.68. The summed E-state index contributed by atoms with van der Waals surface area (Å²) in [4.78, 5) is 2.31. The van der Waals surface area contributed by atoms with Crippen LogP contribution in [-0.2, 0) is 18.0 Å². The second-order valence-corrected chi connectivity index (χ2v) is 7.48. The molecule has 0 aliphatic carbocycles. The van der Waals surface area contributed by atoms with Crippen molar-refractivity contribution in [3.05, 3.63) is 0 Å². The molecular weight excluding hydrogens is 252 g/mol. The summed E-state index contributed by atoms with van der Waals surface area (Å²) >= 11 is 0. The highest BCUT2D eigenvalue weighted by molar-refractivity contribution is 6.57. The summed E-state index contributed by atoms with van der Waals surface area (Å²) in [5.74, 6) is 0. The molecule has 7 heteroatoms. The fraction of sp³-hybridized carbons (Fsp3) is 1.00. The summed E-state index contributed by atoms with van der Waals surface area (Å²) in [7, 11) is 1.12. The number of nitrogens with zero attached hydrogens (tertiary/aromatic N) is 2. The van der Waals surface area contributed by atoms with Gasteiger partial charge in [0.15, 0.2) is 0 Å². The van der Waals surface area contributed by atoms with Crippen LogP contribution in [0.2, 0.25) is 0 Å². The standard InChI is InChI=1S/C11H24N2O4Si/c1-11-10-15-8-9-16-18(14-3,17-11)13-6-4-12(2)5-7-13/h11H,4-10H2,1-3H3. The fourth-order valence-corrected chi connectivity index (χ4v) is 4.82. The van der Waals surface area contributed by atoms with Crippen molar-refractivity contribution in [2.75, 3.05) is 60.2 Å². The highest BCUT2D eigenvalue weighted by atomic mass is 28.4. The molecule has 0 aromatic rings. The zero-order valence-electron chi connectivity index (χ0n) is 11.6. The molecule has 6 nitrogen and oxygen atoms in total. The van der Waals surface area contributed by atoms with Crippen molar-refractivity contribution in [3.8, 4) is 0 Å². The Bertz CT molecular complexity index is 263. The normalized spacial score (nSPS) is 37.2. The SMILES string of the molecule is CO[Si]1(N2CCN(C)CC2)OCCOCC(C)O1. The number of hydrogen-bond acceptors (Lipinski definition) is 6. The number of piperazine rings is 1. The van der Waals surface area contributed by atoms with E-state index in [4.69, 9.17) is 18.0 Å². The summed E-state index contributed by atoms with van der Waals surface area (Å²) in [6.07, 6.45) is 0.0107. The Hall–Kier alpha value is -0.0231. The van der Waals surface area contributed by atoms with Gasteiger partial charge >= 0.3 is 8.97 Å². The minimum absolute atomic E-state index is 0.0107. The van der Waals surface area contributed by atoms with Gasteiger partial charge in [-0.3, -0.25) is 4.57 Å². The van der Waals surface area contributed by atoms with E-state index in [1.807, 2.05) is 6.92 Å². The largest absolute Gasteiger partial charge is 0.599 e. The van der Waals surface area contributed by atoms with E-state index >= 15 is 0 Å². The van der Waals surface area contributed by atoms with Crippen molar-refractivity contribution in [3.63, 3.8) is 0 Å². The molecule has 2 unspecified atom stereocenters. The predicted molar refractivity (Wildman–Crippen MR) is 69.2 cm³/mol. The lowest BCUT2D eigenvalue weighted by molar-refractivity contribution is -0.0704. The second kappa shape index (κ2) is 6.42. The maximum absolute atomic E-state index is 6.08. The minimum Gasteiger partial charge on any atom is -0.376 e. The number of rotatable bonds is 2. The van der Waals surface area contributed by atoms with E-state index in [1.165, 1.54) is 0 Å². The van der Waals surface area contributed by atoms with Crippen LogP contribution in [0.3, 0.4) is 0 Å². The first kappa shape index (κ1) is 14.4. The predicted octanol–water partition coefficient (Wildman–Crippen LogP) is -0.232. The molecular formula is C11H24N2O4Si. The van der Waals surface area contributed by atoms with Gasteiger partial charge in [0.25, 0.3) is 0 Å². The molecule has 0 spiro atoms. The van der Waals surface area contributed by atoms with E-state index in [2.05, 4.69) is 16.5 Å². The molecule has 0 saturated carbocycles. The molecule has 2 heterocycles. The van der Waals surface area contributed by atoms with Crippen molar-refractivity contribution in [2.24, 2.45) is 0 Å². The first-order chi connectivity index (χ1) is 8.66. The van der Waals surface area contributed by atoms with Crippen LogP contribution in [0.1, 0.15) is 6.92 Å². The number of hydrogen-bond donors (Lipinski definition) is 0. The van der Waals surface area contributed by atoms with Crippen LogP contribution in [0.15, 0.2) is 0 Å². The Morgan fingerprint density at radius 1 is 1.17 bits per heavy atom. The second-order valence-electron chi connectivity index (χ2n) is 4.87. The van der Waals surface area contributed by atoms with E-state index in [1.54, 1.807) is 7.11 Å². The Morgan fingerprint density at radius 3 is 2.56 bits per heavy atom. The first-order valence-corrected chi connectivity index (χ1v) is 8.22. The van der Waals surface area contributed by atoms with E-state index < -0.39 is 8.97 Å². The third-order valence-corrected chi connectivity index (χ3v) is 6.37. The van der Waals surface area contributed by atoms with Gasteiger partial charge in [0.2, 0.25) is 0 Å². The molecule has 2 atom stereocenters. The smallest absolute Gasteiger partial charge is 0.376 e. The van der Waals surface area contributed by atoms with Crippen LogP contribution >= 0.6 is 0 Å². The maximum atomic E-state index is 6.08. The van der Waals surface area contributed by atoms with Gasteiger partial charge in [-0.25, -0.2) is 0 Å². The summed E-state index contributed by atoms with van der Waals surface area (Å²) in [5, 5.41) is 0. The van der Waals surface area contributed by atoms with Gasteiger partial charge in [-0.2, -0.15) is 0 Å². The molecule has 0 N–H and O–H groups in total. The van der Waals surface area contributed by atoms with Crippen molar-refractivity contribution in [1.29, 1.82) is 0 Å². The molecule has 2 rings (SSSR count). The quantitative estimate of drug-likeness (QED) is 0.649. The Kier molecular flexibility index (Phi) is 5.13. The summed E-state index contributed by atoms with van der Waals surface area (Å²) < 4.78 is 25.4. The Balaban J connectivity index is 2.06. The first-order valence-electron chi connectivity index (χ1n) is 6.54. The average Bonchev–Trinajstić information content (AvgIpc) is 2.35. The van der Waals surface area contributed by atoms with E-state index in [0.29, 0.717) is 19.8 Å². The van der Waals surface area contributed by atoms with Crippen molar-refractivity contribution in [1.82, 2.24) is 9.47 Å². The van der Waals surface area contributed by atoms with Gasteiger partial charge in [0, 0.05) is 33.3 Å². The van der Waals surface area contributed by atoms with Crippen molar-refractivity contribution >= 4 is 8.97 Å². The van der Waals surface area contributed by atoms with Gasteiger partial charge in [-0.15, -0.1) is 0 Å². The summed E-state index contributed by atoms with van der Waals surface area (Å²) in [6, 6.07) is 0. The van der Waals surface area contributed by atoms with E-state index in [9.17, 15) is 0 Å². The van der Waals surface area contributed by atoms with Gasteiger partial charge in [0.05, 0.1) is 25.9 Å². The van der Waals surface area contributed by atoms with Crippen LogP contribution in [0.25, 0.3) is 0 Å².